The van der Waals surface area contributed by atoms with E-state index >= 15 is 0 Å². The number of ether oxygens (including phenoxy) is 2. The molecule has 1 N–H and O–H groups in total. The van der Waals surface area contributed by atoms with Gasteiger partial charge in [-0.2, -0.15) is 5.10 Å². The van der Waals surface area contributed by atoms with Crippen LogP contribution in [0.3, 0.4) is 0 Å². The maximum absolute atomic E-state index is 13.0. The number of aromatic amines is 1. The van der Waals surface area contributed by atoms with Crippen molar-refractivity contribution >= 4 is 5.91 Å². The summed E-state index contributed by atoms with van der Waals surface area (Å²) >= 11 is 0. The molecule has 1 saturated carbocycles. The number of para-hydroxylation sites is 1. The van der Waals surface area contributed by atoms with E-state index in [1.165, 1.54) is 19.2 Å². The smallest absolute Gasteiger partial charge is 0.257 e. The van der Waals surface area contributed by atoms with Crippen LogP contribution in [-0.4, -0.2) is 58.9 Å². The van der Waals surface area contributed by atoms with E-state index < -0.39 is 0 Å². The summed E-state index contributed by atoms with van der Waals surface area (Å²) in [5.41, 5.74) is 0.602. The third kappa shape index (κ3) is 3.72. The zero-order valence-corrected chi connectivity index (χ0v) is 14.9. The average Bonchev–Trinajstić information content (AvgIpc) is 3.12. The molecule has 26 heavy (non-hydrogen) atoms. The van der Waals surface area contributed by atoms with Gasteiger partial charge in [-0.25, -0.2) is 4.98 Å². The Bertz CT molecular complexity index is 745. The number of benzene rings is 1. The van der Waals surface area contributed by atoms with Gasteiger partial charge in [0.05, 0.1) is 18.3 Å². The maximum Gasteiger partial charge on any atom is 0.257 e. The molecule has 1 aromatic heterocycles. The van der Waals surface area contributed by atoms with E-state index in [4.69, 9.17) is 9.47 Å². The van der Waals surface area contributed by atoms with Crippen LogP contribution in [0, 0.1) is 5.92 Å². The van der Waals surface area contributed by atoms with Gasteiger partial charge in [0, 0.05) is 26.1 Å². The van der Waals surface area contributed by atoms with Gasteiger partial charge in [0.2, 0.25) is 0 Å². The molecule has 1 aromatic carbocycles. The summed E-state index contributed by atoms with van der Waals surface area (Å²) in [6.07, 6.45) is 4.74. The Kier molecular flexibility index (Phi) is 4.88. The Morgan fingerprint density at radius 2 is 2.19 bits per heavy atom. The van der Waals surface area contributed by atoms with Crippen LogP contribution in [0.2, 0.25) is 0 Å². The van der Waals surface area contributed by atoms with Crippen molar-refractivity contribution in [2.24, 2.45) is 5.92 Å². The predicted molar refractivity (Wildman–Crippen MR) is 95.1 cm³/mol. The fourth-order valence-corrected chi connectivity index (χ4v) is 3.35. The molecule has 1 amide bonds. The Morgan fingerprint density at radius 1 is 1.35 bits per heavy atom. The third-order valence-electron chi connectivity index (χ3n) is 5.08. The van der Waals surface area contributed by atoms with Gasteiger partial charge in [-0.05, 0) is 37.3 Å². The molecule has 138 valence electrons. The van der Waals surface area contributed by atoms with E-state index in [0.29, 0.717) is 37.0 Å². The second-order valence-corrected chi connectivity index (χ2v) is 7.11. The number of amides is 1. The minimum absolute atomic E-state index is 0.0526. The predicted octanol–water partition coefficient (Wildman–Crippen LogP) is 2.24. The second kappa shape index (κ2) is 7.45. The van der Waals surface area contributed by atoms with Crippen molar-refractivity contribution in [1.82, 2.24) is 20.1 Å². The van der Waals surface area contributed by atoms with Crippen molar-refractivity contribution in [3.05, 3.63) is 42.0 Å². The van der Waals surface area contributed by atoms with E-state index in [2.05, 4.69) is 15.2 Å². The number of carbonyl (C=O) groups is 1. The van der Waals surface area contributed by atoms with Gasteiger partial charge in [-0.3, -0.25) is 9.89 Å². The second-order valence-electron chi connectivity index (χ2n) is 7.11. The van der Waals surface area contributed by atoms with Crippen molar-refractivity contribution in [2.75, 3.05) is 26.8 Å². The van der Waals surface area contributed by atoms with Crippen LogP contribution in [0.5, 0.6) is 5.75 Å². The van der Waals surface area contributed by atoms with Crippen LogP contribution in [0.25, 0.3) is 0 Å². The van der Waals surface area contributed by atoms with Crippen LogP contribution >= 0.6 is 0 Å². The molecular formula is C19H24N4O3. The van der Waals surface area contributed by atoms with E-state index in [1.807, 2.05) is 24.3 Å². The van der Waals surface area contributed by atoms with Crippen LogP contribution < -0.4 is 4.74 Å². The Balaban J connectivity index is 1.43. The fourth-order valence-electron chi connectivity index (χ4n) is 3.35. The van der Waals surface area contributed by atoms with Gasteiger partial charge in [-0.15, -0.1) is 0 Å². The Hall–Kier alpha value is -2.41. The summed E-state index contributed by atoms with van der Waals surface area (Å²) in [6, 6.07) is 7.46. The number of nitrogens with zero attached hydrogens (tertiary/aromatic N) is 3. The van der Waals surface area contributed by atoms with Crippen molar-refractivity contribution in [1.29, 1.82) is 0 Å². The molecule has 0 radical (unpaired) electrons. The number of nitrogens with one attached hydrogen (secondary N) is 1. The minimum atomic E-state index is -0.0866. The SMILES string of the molecule is CN(C[C@H]1OCC[C@H]1c1ncn[nH]1)C(=O)c1ccccc1OCC1CC1. The van der Waals surface area contributed by atoms with Crippen molar-refractivity contribution in [2.45, 2.75) is 31.3 Å². The highest BCUT2D eigenvalue weighted by Gasteiger charge is 2.34. The Labute approximate surface area is 152 Å². The van der Waals surface area contributed by atoms with E-state index in [0.717, 1.165) is 12.2 Å². The standard InChI is InChI=1S/C19H24N4O3/c1-23(10-17-14(8-9-25-17)18-20-12-21-22-18)19(24)15-4-2-3-5-16(15)26-11-13-6-7-13/h2-5,12-14,17H,6-11H2,1H3,(H,20,21,22)/t14-,17-/m1/s1. The quantitative estimate of drug-likeness (QED) is 0.823. The molecule has 1 aliphatic carbocycles. The first-order chi connectivity index (χ1) is 12.7. The maximum atomic E-state index is 13.0. The van der Waals surface area contributed by atoms with Gasteiger partial charge < -0.3 is 14.4 Å². The molecule has 7 heteroatoms. The zero-order chi connectivity index (χ0) is 17.9. The first-order valence-electron chi connectivity index (χ1n) is 9.16. The summed E-state index contributed by atoms with van der Waals surface area (Å²) < 4.78 is 11.7. The summed E-state index contributed by atoms with van der Waals surface area (Å²) in [7, 11) is 1.80. The normalized spacial score (nSPS) is 22.3. The van der Waals surface area contributed by atoms with Crippen LogP contribution in [-0.2, 0) is 4.74 Å². The number of likely N-dealkylation sites (N-methyl/N-ethyl adjacent to an activating group) is 1. The largest absolute Gasteiger partial charge is 0.492 e. The molecule has 0 unspecified atom stereocenters. The lowest BCUT2D eigenvalue weighted by Gasteiger charge is -2.24. The molecule has 2 fully saturated rings. The molecule has 4 rings (SSSR count). The third-order valence-corrected chi connectivity index (χ3v) is 5.08. The lowest BCUT2D eigenvalue weighted by Crippen LogP contribution is -2.36. The van der Waals surface area contributed by atoms with Crippen molar-refractivity contribution in [3.63, 3.8) is 0 Å². The summed E-state index contributed by atoms with van der Waals surface area (Å²) in [6.45, 7) is 1.85. The monoisotopic (exact) mass is 356 g/mol. The molecule has 2 aliphatic rings. The number of aromatic nitrogens is 3. The molecule has 7 nitrogen and oxygen atoms in total. The van der Waals surface area contributed by atoms with Crippen LogP contribution in [0.15, 0.2) is 30.6 Å². The van der Waals surface area contributed by atoms with E-state index in [9.17, 15) is 4.79 Å². The summed E-state index contributed by atoms with van der Waals surface area (Å²) in [5.74, 6) is 2.21. The number of hydrogen-bond donors (Lipinski definition) is 1. The summed E-state index contributed by atoms with van der Waals surface area (Å²) in [4.78, 5) is 18.9. The molecular weight excluding hydrogens is 332 g/mol. The summed E-state index contributed by atoms with van der Waals surface area (Å²) in [5, 5.41) is 6.85. The highest BCUT2D eigenvalue weighted by Crippen LogP contribution is 2.31. The molecule has 2 atom stereocenters. The van der Waals surface area contributed by atoms with E-state index in [-0.39, 0.29) is 17.9 Å². The molecule has 1 aliphatic heterocycles. The lowest BCUT2D eigenvalue weighted by molar-refractivity contribution is 0.0547. The highest BCUT2D eigenvalue weighted by molar-refractivity contribution is 5.96. The number of rotatable bonds is 7. The van der Waals surface area contributed by atoms with Crippen molar-refractivity contribution < 1.29 is 14.3 Å². The first-order valence-corrected chi connectivity index (χ1v) is 9.16. The number of hydrogen-bond acceptors (Lipinski definition) is 5. The fraction of sp³-hybridized carbons (Fsp3) is 0.526. The average molecular weight is 356 g/mol. The van der Waals surface area contributed by atoms with Crippen LogP contribution in [0.1, 0.15) is 41.4 Å². The van der Waals surface area contributed by atoms with E-state index in [1.54, 1.807) is 11.9 Å². The molecule has 0 spiro atoms. The van der Waals surface area contributed by atoms with Crippen molar-refractivity contribution in [3.8, 4) is 5.75 Å². The minimum Gasteiger partial charge on any atom is -0.492 e. The number of carbonyl (C=O) groups excluding carboxylic acids is 1. The molecule has 2 aromatic rings. The molecule has 2 heterocycles. The first kappa shape index (κ1) is 17.0. The zero-order valence-electron chi connectivity index (χ0n) is 14.9. The Morgan fingerprint density at radius 3 is 2.96 bits per heavy atom. The van der Waals surface area contributed by atoms with Gasteiger partial charge in [0.15, 0.2) is 0 Å². The van der Waals surface area contributed by atoms with Crippen LogP contribution in [0.4, 0.5) is 0 Å². The molecule has 0 bridgehead atoms. The highest BCUT2D eigenvalue weighted by atomic mass is 16.5. The van der Waals surface area contributed by atoms with Gasteiger partial charge >= 0.3 is 0 Å². The topological polar surface area (TPSA) is 80.3 Å². The van der Waals surface area contributed by atoms with Gasteiger partial charge in [0.25, 0.3) is 5.91 Å². The molecule has 1 saturated heterocycles. The van der Waals surface area contributed by atoms with Gasteiger partial charge in [0.1, 0.15) is 17.9 Å². The van der Waals surface area contributed by atoms with Gasteiger partial charge in [-0.1, -0.05) is 12.1 Å². The lowest BCUT2D eigenvalue weighted by atomic mass is 10.00. The number of H-pyrrole nitrogens is 1.